The van der Waals surface area contributed by atoms with E-state index < -0.39 is 0 Å². The van der Waals surface area contributed by atoms with Crippen LogP contribution >= 0.6 is 0 Å². The first-order valence-corrected chi connectivity index (χ1v) is 10.4. The highest BCUT2D eigenvalue weighted by atomic mass is 14.3. The normalized spacial score (nSPS) is 19.8. The zero-order chi connectivity index (χ0) is 18.2. The topological polar surface area (TPSA) is 23.8 Å². The minimum atomic E-state index is 0.738. The van der Waals surface area contributed by atoms with Gasteiger partial charge in [0.15, 0.2) is 0 Å². The lowest BCUT2D eigenvalue weighted by atomic mass is 9.77. The van der Waals surface area contributed by atoms with Gasteiger partial charge in [-0.1, -0.05) is 62.6 Å². The van der Waals surface area contributed by atoms with Crippen molar-refractivity contribution in [1.82, 2.24) is 0 Å². The Morgan fingerprint density at radius 2 is 1.42 bits per heavy atom. The Balaban J connectivity index is 1.48. The SMILES string of the molecule is CCCC[C@H]1CC[C@H](c2ccc(CCc3ccc(C#N)cc3)cc2)CC1. The largest absolute Gasteiger partial charge is 0.192 e. The molecule has 2 aromatic carbocycles. The minimum Gasteiger partial charge on any atom is -0.192 e. The van der Waals surface area contributed by atoms with Crippen LogP contribution in [0.1, 0.15) is 80.0 Å². The third-order valence-electron chi connectivity index (χ3n) is 6.05. The van der Waals surface area contributed by atoms with E-state index in [1.54, 1.807) is 5.56 Å². The third kappa shape index (κ3) is 5.21. The van der Waals surface area contributed by atoms with Crippen LogP contribution in [0.25, 0.3) is 0 Å². The maximum absolute atomic E-state index is 8.87. The summed E-state index contributed by atoms with van der Waals surface area (Å²) in [7, 11) is 0. The van der Waals surface area contributed by atoms with E-state index in [-0.39, 0.29) is 0 Å². The average Bonchev–Trinajstić information content (AvgIpc) is 2.72. The quantitative estimate of drug-likeness (QED) is 0.541. The van der Waals surface area contributed by atoms with Gasteiger partial charge in [0.2, 0.25) is 0 Å². The van der Waals surface area contributed by atoms with E-state index in [0.717, 1.165) is 30.2 Å². The summed E-state index contributed by atoms with van der Waals surface area (Å²) in [5, 5.41) is 8.87. The molecule has 1 aliphatic carbocycles. The van der Waals surface area contributed by atoms with Crippen LogP contribution in [0.2, 0.25) is 0 Å². The van der Waals surface area contributed by atoms with Crippen molar-refractivity contribution < 1.29 is 0 Å². The van der Waals surface area contributed by atoms with Crippen molar-refractivity contribution in [3.8, 4) is 6.07 Å². The number of rotatable bonds is 7. The van der Waals surface area contributed by atoms with Gasteiger partial charge in [-0.05, 0) is 79.2 Å². The van der Waals surface area contributed by atoms with E-state index in [0.29, 0.717) is 0 Å². The highest BCUT2D eigenvalue weighted by molar-refractivity contribution is 5.32. The molecule has 1 heteroatoms. The predicted octanol–water partition coefficient (Wildman–Crippen LogP) is 6.81. The van der Waals surface area contributed by atoms with Crippen LogP contribution in [0, 0.1) is 17.2 Å². The number of aryl methyl sites for hydroxylation is 2. The number of hydrogen-bond acceptors (Lipinski definition) is 1. The molecule has 26 heavy (non-hydrogen) atoms. The second kappa shape index (κ2) is 9.58. The van der Waals surface area contributed by atoms with E-state index in [4.69, 9.17) is 5.26 Å². The molecule has 0 saturated heterocycles. The molecular formula is C25H31N. The Kier molecular flexibility index (Phi) is 6.89. The van der Waals surface area contributed by atoms with Crippen molar-refractivity contribution in [2.45, 2.75) is 70.6 Å². The molecule has 2 aromatic rings. The Hall–Kier alpha value is -2.07. The summed E-state index contributed by atoms with van der Waals surface area (Å²) in [5.41, 5.74) is 5.00. The highest BCUT2D eigenvalue weighted by Crippen LogP contribution is 2.37. The fourth-order valence-corrected chi connectivity index (χ4v) is 4.27. The molecule has 3 rings (SSSR count). The second-order valence-electron chi connectivity index (χ2n) is 7.91. The molecule has 1 nitrogen and oxygen atoms in total. The van der Waals surface area contributed by atoms with Crippen molar-refractivity contribution in [2.24, 2.45) is 5.92 Å². The Bertz CT molecular complexity index is 697. The molecule has 0 atom stereocenters. The van der Waals surface area contributed by atoms with Crippen LogP contribution < -0.4 is 0 Å². The van der Waals surface area contributed by atoms with Gasteiger partial charge in [0, 0.05) is 0 Å². The van der Waals surface area contributed by atoms with Gasteiger partial charge in [0.1, 0.15) is 0 Å². The monoisotopic (exact) mass is 345 g/mol. The molecular weight excluding hydrogens is 314 g/mol. The standard InChI is InChI=1S/C25H31N/c1-2-3-4-20-11-15-24(16-12-20)25-17-13-22(14-18-25)6-5-21-7-9-23(19-26)10-8-21/h7-10,13-14,17-18,20,24H,2-6,11-12,15-16H2,1H3/t20-,24-. The smallest absolute Gasteiger partial charge is 0.0991 e. The van der Waals surface area contributed by atoms with Crippen LogP contribution in [0.5, 0.6) is 0 Å². The van der Waals surface area contributed by atoms with Gasteiger partial charge in [-0.3, -0.25) is 0 Å². The molecule has 0 spiro atoms. The third-order valence-corrected chi connectivity index (χ3v) is 6.05. The fourth-order valence-electron chi connectivity index (χ4n) is 4.27. The second-order valence-corrected chi connectivity index (χ2v) is 7.91. The van der Waals surface area contributed by atoms with Crippen LogP contribution in [-0.2, 0) is 12.8 Å². The van der Waals surface area contributed by atoms with Crippen molar-refractivity contribution in [1.29, 1.82) is 5.26 Å². The molecule has 0 aliphatic heterocycles. The highest BCUT2D eigenvalue weighted by Gasteiger charge is 2.21. The lowest BCUT2D eigenvalue weighted by Gasteiger charge is -2.29. The van der Waals surface area contributed by atoms with Gasteiger partial charge >= 0.3 is 0 Å². The van der Waals surface area contributed by atoms with Crippen molar-refractivity contribution >= 4 is 0 Å². The van der Waals surface area contributed by atoms with Gasteiger partial charge < -0.3 is 0 Å². The maximum Gasteiger partial charge on any atom is 0.0991 e. The summed E-state index contributed by atoms with van der Waals surface area (Å²) in [4.78, 5) is 0. The molecule has 1 aliphatic rings. The van der Waals surface area contributed by atoms with Gasteiger partial charge in [0.25, 0.3) is 0 Å². The zero-order valence-corrected chi connectivity index (χ0v) is 16.1. The van der Waals surface area contributed by atoms with E-state index in [9.17, 15) is 0 Å². The Labute approximate surface area is 159 Å². The van der Waals surface area contributed by atoms with Crippen LogP contribution in [0.4, 0.5) is 0 Å². The first-order valence-electron chi connectivity index (χ1n) is 10.4. The fraction of sp³-hybridized carbons (Fsp3) is 0.480. The summed E-state index contributed by atoms with van der Waals surface area (Å²) >= 11 is 0. The number of nitriles is 1. The first kappa shape index (κ1) is 18.7. The molecule has 0 aromatic heterocycles. The number of nitrogens with zero attached hydrogens (tertiary/aromatic N) is 1. The van der Waals surface area contributed by atoms with Crippen molar-refractivity contribution in [3.63, 3.8) is 0 Å². The lowest BCUT2D eigenvalue weighted by molar-refractivity contribution is 0.304. The van der Waals surface area contributed by atoms with E-state index >= 15 is 0 Å². The molecule has 136 valence electrons. The molecule has 1 saturated carbocycles. The van der Waals surface area contributed by atoms with Gasteiger partial charge in [0.05, 0.1) is 11.6 Å². The molecule has 0 radical (unpaired) electrons. The van der Waals surface area contributed by atoms with E-state index in [1.165, 1.54) is 56.1 Å². The number of benzene rings is 2. The number of unbranched alkanes of at least 4 members (excludes halogenated alkanes) is 1. The van der Waals surface area contributed by atoms with Crippen LogP contribution in [-0.4, -0.2) is 0 Å². The molecule has 0 amide bonds. The Morgan fingerprint density at radius 3 is 1.96 bits per heavy atom. The average molecular weight is 346 g/mol. The summed E-state index contributed by atoms with van der Waals surface area (Å²) < 4.78 is 0. The van der Waals surface area contributed by atoms with Crippen LogP contribution in [0.15, 0.2) is 48.5 Å². The molecule has 0 N–H and O–H groups in total. The molecule has 1 fully saturated rings. The Morgan fingerprint density at radius 1 is 0.846 bits per heavy atom. The van der Waals surface area contributed by atoms with Crippen molar-refractivity contribution in [3.05, 3.63) is 70.8 Å². The van der Waals surface area contributed by atoms with Crippen molar-refractivity contribution in [2.75, 3.05) is 0 Å². The first-order chi connectivity index (χ1) is 12.8. The predicted molar refractivity (Wildman–Crippen MR) is 109 cm³/mol. The zero-order valence-electron chi connectivity index (χ0n) is 16.1. The summed E-state index contributed by atoms with van der Waals surface area (Å²) in [6.07, 6.45) is 11.9. The minimum absolute atomic E-state index is 0.738. The van der Waals surface area contributed by atoms with E-state index in [2.05, 4.69) is 49.4 Å². The van der Waals surface area contributed by atoms with Gasteiger partial charge in [-0.2, -0.15) is 5.26 Å². The van der Waals surface area contributed by atoms with Crippen LogP contribution in [0.3, 0.4) is 0 Å². The number of hydrogen-bond donors (Lipinski definition) is 0. The molecule has 0 heterocycles. The lowest BCUT2D eigenvalue weighted by Crippen LogP contribution is -2.13. The maximum atomic E-state index is 8.87. The van der Waals surface area contributed by atoms with Gasteiger partial charge in [-0.15, -0.1) is 0 Å². The van der Waals surface area contributed by atoms with Gasteiger partial charge in [-0.25, -0.2) is 0 Å². The molecule has 0 unspecified atom stereocenters. The molecule has 0 bridgehead atoms. The van der Waals surface area contributed by atoms with E-state index in [1.807, 2.05) is 12.1 Å². The summed E-state index contributed by atoms with van der Waals surface area (Å²) in [6, 6.07) is 19.5. The summed E-state index contributed by atoms with van der Waals surface area (Å²) in [6.45, 7) is 2.30. The summed E-state index contributed by atoms with van der Waals surface area (Å²) in [5.74, 6) is 1.76.